The summed E-state index contributed by atoms with van der Waals surface area (Å²) in [6.07, 6.45) is 0. The smallest absolute Gasteiger partial charge is 0.324 e. The van der Waals surface area contributed by atoms with Gasteiger partial charge in [-0.1, -0.05) is 25.1 Å². The van der Waals surface area contributed by atoms with Gasteiger partial charge < -0.3 is 10.4 Å². The van der Waals surface area contributed by atoms with Gasteiger partial charge >= 0.3 is 5.97 Å². The van der Waals surface area contributed by atoms with Gasteiger partial charge in [-0.15, -0.1) is 11.8 Å². The van der Waals surface area contributed by atoms with Crippen LogP contribution in [0.2, 0.25) is 0 Å². The normalized spacial score (nSPS) is 14.3. The summed E-state index contributed by atoms with van der Waals surface area (Å²) in [6.45, 7) is 6.33. The fourth-order valence-electron chi connectivity index (χ4n) is 1.52. The number of likely N-dealkylation sites (N-methyl/N-ethyl adjacent to an activating group) is 1. The standard InChI is InChI=1S/C13H19NO2S/c1-4-14-13(3,12(15)16)9-17-11-8-6-5-7-10(11)2/h5-8,14H,4,9H2,1-3H3,(H,15,16). The first-order chi connectivity index (χ1) is 7.99. The number of hydrogen-bond donors (Lipinski definition) is 2. The SMILES string of the molecule is CCNC(C)(CSc1ccccc1C)C(=O)O. The maximum Gasteiger partial charge on any atom is 0.324 e. The van der Waals surface area contributed by atoms with Crippen LogP contribution in [0.25, 0.3) is 0 Å². The second-order valence-electron chi connectivity index (χ2n) is 4.22. The number of aliphatic carboxylic acids is 1. The lowest BCUT2D eigenvalue weighted by Crippen LogP contribution is -2.51. The fourth-order valence-corrected chi connectivity index (χ4v) is 2.66. The summed E-state index contributed by atoms with van der Waals surface area (Å²) in [6, 6.07) is 8.02. The van der Waals surface area contributed by atoms with Crippen LogP contribution in [-0.4, -0.2) is 28.9 Å². The molecule has 2 N–H and O–H groups in total. The highest BCUT2D eigenvalue weighted by Gasteiger charge is 2.32. The van der Waals surface area contributed by atoms with Gasteiger partial charge in [-0.3, -0.25) is 4.79 Å². The largest absolute Gasteiger partial charge is 0.480 e. The van der Waals surface area contributed by atoms with Crippen LogP contribution < -0.4 is 5.32 Å². The highest BCUT2D eigenvalue weighted by molar-refractivity contribution is 7.99. The minimum atomic E-state index is -0.873. The second kappa shape index (κ2) is 6.07. The molecule has 0 bridgehead atoms. The van der Waals surface area contributed by atoms with Gasteiger partial charge in [0.1, 0.15) is 5.54 Å². The third kappa shape index (κ3) is 3.75. The quantitative estimate of drug-likeness (QED) is 0.765. The molecule has 3 nitrogen and oxygen atoms in total. The molecule has 1 unspecified atom stereocenters. The van der Waals surface area contributed by atoms with E-state index in [1.807, 2.05) is 38.1 Å². The molecule has 17 heavy (non-hydrogen) atoms. The van der Waals surface area contributed by atoms with Gasteiger partial charge in [-0.2, -0.15) is 0 Å². The van der Waals surface area contributed by atoms with Gasteiger partial charge in [-0.25, -0.2) is 0 Å². The topological polar surface area (TPSA) is 49.3 Å². The highest BCUT2D eigenvalue weighted by Crippen LogP contribution is 2.25. The average Bonchev–Trinajstić information content (AvgIpc) is 2.28. The molecule has 0 aliphatic rings. The van der Waals surface area contributed by atoms with Gasteiger partial charge in [0.2, 0.25) is 0 Å². The Labute approximate surface area is 107 Å². The summed E-state index contributed by atoms with van der Waals surface area (Å²) >= 11 is 1.58. The average molecular weight is 253 g/mol. The van der Waals surface area contributed by atoms with E-state index in [9.17, 15) is 9.90 Å². The van der Waals surface area contributed by atoms with Crippen molar-refractivity contribution < 1.29 is 9.90 Å². The van der Waals surface area contributed by atoms with Crippen molar-refractivity contribution in [3.63, 3.8) is 0 Å². The van der Waals surface area contributed by atoms with Crippen LogP contribution in [0.15, 0.2) is 29.2 Å². The van der Waals surface area contributed by atoms with E-state index in [0.29, 0.717) is 12.3 Å². The third-order valence-electron chi connectivity index (χ3n) is 2.65. The van der Waals surface area contributed by atoms with Crippen LogP contribution in [0.3, 0.4) is 0 Å². The zero-order valence-corrected chi connectivity index (χ0v) is 11.3. The molecule has 0 aliphatic carbocycles. The van der Waals surface area contributed by atoms with E-state index in [2.05, 4.69) is 5.32 Å². The van der Waals surface area contributed by atoms with E-state index in [1.54, 1.807) is 18.7 Å². The minimum absolute atomic E-state index is 0.515. The van der Waals surface area contributed by atoms with Crippen LogP contribution in [0.5, 0.6) is 0 Å². The number of aryl methyl sites for hydroxylation is 1. The third-order valence-corrected chi connectivity index (χ3v) is 4.14. The molecule has 0 amide bonds. The molecule has 0 spiro atoms. The van der Waals surface area contributed by atoms with Crippen LogP contribution in [0.1, 0.15) is 19.4 Å². The molecule has 0 heterocycles. The number of carboxylic acid groups (broad SMARTS) is 1. The summed E-state index contributed by atoms with van der Waals surface area (Å²) in [5.74, 6) is -0.290. The van der Waals surface area contributed by atoms with E-state index < -0.39 is 11.5 Å². The van der Waals surface area contributed by atoms with Crippen molar-refractivity contribution in [1.82, 2.24) is 5.32 Å². The molecule has 4 heteroatoms. The molecule has 1 atom stereocenters. The van der Waals surface area contributed by atoms with E-state index in [4.69, 9.17) is 0 Å². The number of rotatable bonds is 6. The maximum atomic E-state index is 11.2. The molecule has 1 rings (SSSR count). The molecular weight excluding hydrogens is 234 g/mol. The van der Waals surface area contributed by atoms with E-state index >= 15 is 0 Å². The van der Waals surface area contributed by atoms with Gasteiger partial charge in [0, 0.05) is 10.6 Å². The Balaban J connectivity index is 2.71. The number of benzene rings is 1. The van der Waals surface area contributed by atoms with Crippen molar-refractivity contribution in [2.75, 3.05) is 12.3 Å². The lowest BCUT2D eigenvalue weighted by molar-refractivity contribution is -0.143. The van der Waals surface area contributed by atoms with E-state index in [1.165, 1.54) is 5.56 Å². The molecular formula is C13H19NO2S. The Morgan fingerprint density at radius 1 is 1.47 bits per heavy atom. The van der Waals surface area contributed by atoms with Gasteiger partial charge in [0.25, 0.3) is 0 Å². The molecule has 0 aromatic heterocycles. The number of carbonyl (C=O) groups is 1. The maximum absolute atomic E-state index is 11.2. The highest BCUT2D eigenvalue weighted by atomic mass is 32.2. The molecule has 0 aliphatic heterocycles. The minimum Gasteiger partial charge on any atom is -0.480 e. The van der Waals surface area contributed by atoms with Crippen LogP contribution >= 0.6 is 11.8 Å². The Kier molecular flexibility index (Phi) is 5.02. The zero-order chi connectivity index (χ0) is 12.9. The van der Waals surface area contributed by atoms with Gasteiger partial charge in [-0.05, 0) is 32.0 Å². The number of thioether (sulfide) groups is 1. The van der Waals surface area contributed by atoms with Crippen molar-refractivity contribution in [1.29, 1.82) is 0 Å². The molecule has 0 fully saturated rings. The van der Waals surface area contributed by atoms with E-state index in [0.717, 1.165) is 4.90 Å². The van der Waals surface area contributed by atoms with Gasteiger partial charge in [0.05, 0.1) is 0 Å². The summed E-state index contributed by atoms with van der Waals surface area (Å²) in [5.41, 5.74) is 0.309. The summed E-state index contributed by atoms with van der Waals surface area (Å²) in [5, 5.41) is 12.3. The monoisotopic (exact) mass is 253 g/mol. The van der Waals surface area contributed by atoms with Gasteiger partial charge in [0.15, 0.2) is 0 Å². The van der Waals surface area contributed by atoms with Crippen molar-refractivity contribution in [3.8, 4) is 0 Å². The Bertz CT molecular complexity index is 395. The lowest BCUT2D eigenvalue weighted by atomic mass is 10.1. The fraction of sp³-hybridized carbons (Fsp3) is 0.462. The van der Waals surface area contributed by atoms with Crippen molar-refractivity contribution in [2.24, 2.45) is 0 Å². The lowest BCUT2D eigenvalue weighted by Gasteiger charge is -2.25. The summed E-state index contributed by atoms with van der Waals surface area (Å²) < 4.78 is 0. The van der Waals surface area contributed by atoms with E-state index in [-0.39, 0.29) is 0 Å². The molecule has 0 saturated carbocycles. The predicted molar refractivity (Wildman–Crippen MR) is 71.6 cm³/mol. The zero-order valence-electron chi connectivity index (χ0n) is 10.5. The first-order valence-corrected chi connectivity index (χ1v) is 6.65. The molecule has 0 saturated heterocycles. The van der Waals surface area contributed by atoms with Crippen molar-refractivity contribution in [2.45, 2.75) is 31.2 Å². The predicted octanol–water partition coefficient (Wildman–Crippen LogP) is 2.54. The summed E-state index contributed by atoms with van der Waals surface area (Å²) in [4.78, 5) is 12.4. The molecule has 1 aromatic carbocycles. The summed E-state index contributed by atoms with van der Waals surface area (Å²) in [7, 11) is 0. The Morgan fingerprint density at radius 2 is 2.12 bits per heavy atom. The molecule has 0 radical (unpaired) electrons. The number of hydrogen-bond acceptors (Lipinski definition) is 3. The molecule has 94 valence electrons. The Hall–Kier alpha value is -1.00. The number of carboxylic acids is 1. The second-order valence-corrected chi connectivity index (χ2v) is 5.24. The van der Waals surface area contributed by atoms with Crippen LogP contribution in [0.4, 0.5) is 0 Å². The van der Waals surface area contributed by atoms with Crippen molar-refractivity contribution in [3.05, 3.63) is 29.8 Å². The Morgan fingerprint density at radius 3 is 2.65 bits per heavy atom. The van der Waals surface area contributed by atoms with Crippen LogP contribution in [0, 0.1) is 6.92 Å². The first-order valence-electron chi connectivity index (χ1n) is 5.66. The van der Waals surface area contributed by atoms with Crippen molar-refractivity contribution >= 4 is 17.7 Å². The molecule has 1 aromatic rings. The first kappa shape index (κ1) is 14.1. The van der Waals surface area contributed by atoms with Crippen LogP contribution in [-0.2, 0) is 4.79 Å². The number of nitrogens with one attached hydrogen (secondary N) is 1.